The van der Waals surface area contributed by atoms with Crippen molar-refractivity contribution in [1.29, 1.82) is 5.26 Å². The van der Waals surface area contributed by atoms with Crippen LogP contribution in [0.15, 0.2) is 46.8 Å². The van der Waals surface area contributed by atoms with Crippen molar-refractivity contribution in [3.63, 3.8) is 0 Å². The van der Waals surface area contributed by atoms with Gasteiger partial charge in [-0.1, -0.05) is 12.1 Å². The Morgan fingerprint density at radius 1 is 1.19 bits per heavy atom. The summed E-state index contributed by atoms with van der Waals surface area (Å²) in [7, 11) is -2.22. The molecule has 0 saturated carbocycles. The van der Waals surface area contributed by atoms with Gasteiger partial charge in [0.15, 0.2) is 0 Å². The number of aromatic nitrogens is 1. The number of anilines is 1. The average Bonchev–Trinajstić information content (AvgIpc) is 3.05. The Hall–Kier alpha value is -2.89. The van der Waals surface area contributed by atoms with Gasteiger partial charge in [0.1, 0.15) is 16.0 Å². The molecular weight excluding hydrogens is 382 g/mol. The predicted molar refractivity (Wildman–Crippen MR) is 106 cm³/mol. The summed E-state index contributed by atoms with van der Waals surface area (Å²) in [5.74, 6) is 0.549. The first kappa shape index (κ1) is 18.9. The minimum Gasteiger partial charge on any atom is -0.496 e. The van der Waals surface area contributed by atoms with Gasteiger partial charge in [0.25, 0.3) is 10.0 Å². The Balaban J connectivity index is 1.95. The fourth-order valence-corrected chi connectivity index (χ4v) is 5.01. The predicted octanol–water partition coefficient (Wildman–Crippen LogP) is 4.11. The molecule has 0 fully saturated rings. The summed E-state index contributed by atoms with van der Waals surface area (Å²) in [6.45, 7) is 3.64. The molecule has 2 aromatic heterocycles. The Labute approximate surface area is 162 Å². The maximum absolute atomic E-state index is 12.8. The Bertz CT molecular complexity index is 1130. The van der Waals surface area contributed by atoms with Gasteiger partial charge in [0.05, 0.1) is 24.1 Å². The van der Waals surface area contributed by atoms with Crippen molar-refractivity contribution < 1.29 is 13.2 Å². The number of benzene rings is 1. The number of hydrogen-bond donors (Lipinski definition) is 1. The Kier molecular flexibility index (Phi) is 5.17. The van der Waals surface area contributed by atoms with Crippen LogP contribution in [0, 0.1) is 25.2 Å². The first-order valence-corrected chi connectivity index (χ1v) is 10.3. The molecular formula is C19H17N3O3S2. The highest BCUT2D eigenvalue weighted by atomic mass is 32.2. The summed E-state index contributed by atoms with van der Waals surface area (Å²) >= 11 is 1.16. The lowest BCUT2D eigenvalue weighted by molar-refractivity contribution is 0.413. The lowest BCUT2D eigenvalue weighted by atomic mass is 10.1. The molecule has 0 bridgehead atoms. The van der Waals surface area contributed by atoms with Gasteiger partial charge < -0.3 is 4.74 Å². The number of nitrogens with zero attached hydrogens (tertiary/aromatic N) is 2. The molecule has 0 unspecified atom stereocenters. The van der Waals surface area contributed by atoms with Crippen molar-refractivity contribution in [3.8, 4) is 23.1 Å². The molecule has 0 aliphatic heterocycles. The van der Waals surface area contributed by atoms with E-state index in [9.17, 15) is 8.42 Å². The number of rotatable bonds is 5. The van der Waals surface area contributed by atoms with Gasteiger partial charge in [-0.25, -0.2) is 8.42 Å². The molecule has 138 valence electrons. The summed E-state index contributed by atoms with van der Waals surface area (Å²) in [6, 6.07) is 12.4. The van der Waals surface area contributed by atoms with Gasteiger partial charge in [-0.05, 0) is 37.6 Å². The number of ether oxygens (including phenoxy) is 1. The highest BCUT2D eigenvalue weighted by molar-refractivity contribution is 7.94. The zero-order valence-electron chi connectivity index (χ0n) is 15.0. The fraction of sp³-hybridized carbons (Fsp3) is 0.158. The van der Waals surface area contributed by atoms with Gasteiger partial charge in [-0.2, -0.15) is 5.26 Å². The standard InChI is InChI=1S/C19H17N3O3S2/c1-12-4-6-15(16-7-5-14(10-20)11-21-16)8-17(12)22-27(23,24)19-9-18(25-3)13(2)26-19/h4-9,11,22H,1-3H3. The quantitative estimate of drug-likeness (QED) is 0.697. The smallest absolute Gasteiger partial charge is 0.271 e. The van der Waals surface area contributed by atoms with Crippen LogP contribution in [0.1, 0.15) is 16.0 Å². The third-order valence-corrected chi connectivity index (χ3v) is 6.88. The summed E-state index contributed by atoms with van der Waals surface area (Å²) in [5, 5.41) is 8.88. The molecule has 6 nitrogen and oxygen atoms in total. The number of nitrogens with one attached hydrogen (secondary N) is 1. The van der Waals surface area contributed by atoms with E-state index in [1.165, 1.54) is 19.4 Å². The van der Waals surface area contributed by atoms with E-state index >= 15 is 0 Å². The third-order valence-electron chi connectivity index (χ3n) is 4.00. The van der Waals surface area contributed by atoms with Crippen molar-refractivity contribution >= 4 is 27.0 Å². The van der Waals surface area contributed by atoms with Crippen LogP contribution in [-0.4, -0.2) is 20.5 Å². The number of nitriles is 1. The van der Waals surface area contributed by atoms with Gasteiger partial charge in [-0.15, -0.1) is 11.3 Å². The molecule has 0 atom stereocenters. The Morgan fingerprint density at radius 3 is 2.56 bits per heavy atom. The molecule has 3 aromatic rings. The lowest BCUT2D eigenvalue weighted by Gasteiger charge is -2.11. The molecule has 3 rings (SSSR count). The maximum Gasteiger partial charge on any atom is 0.271 e. The molecule has 2 heterocycles. The molecule has 0 spiro atoms. The van der Waals surface area contributed by atoms with Crippen LogP contribution in [0.3, 0.4) is 0 Å². The van der Waals surface area contributed by atoms with E-state index in [1.54, 1.807) is 18.2 Å². The molecule has 0 aliphatic carbocycles. The van der Waals surface area contributed by atoms with Crippen molar-refractivity contribution in [3.05, 3.63) is 58.6 Å². The van der Waals surface area contributed by atoms with E-state index in [0.717, 1.165) is 27.3 Å². The normalized spacial score (nSPS) is 11.0. The highest BCUT2D eigenvalue weighted by Crippen LogP contribution is 2.33. The number of hydrogen-bond acceptors (Lipinski definition) is 6. The number of thiophene rings is 1. The number of sulfonamides is 1. The van der Waals surface area contributed by atoms with Gasteiger partial charge >= 0.3 is 0 Å². The van der Waals surface area contributed by atoms with E-state index < -0.39 is 10.0 Å². The van der Waals surface area contributed by atoms with E-state index in [1.807, 2.05) is 32.0 Å². The van der Waals surface area contributed by atoms with Crippen LogP contribution in [0.25, 0.3) is 11.3 Å². The van der Waals surface area contributed by atoms with Crippen molar-refractivity contribution in [1.82, 2.24) is 4.98 Å². The summed E-state index contributed by atoms with van der Waals surface area (Å²) in [4.78, 5) is 5.05. The second-order valence-electron chi connectivity index (χ2n) is 5.87. The molecule has 0 radical (unpaired) electrons. The molecule has 1 N–H and O–H groups in total. The molecule has 0 amide bonds. The average molecular weight is 399 g/mol. The van der Waals surface area contributed by atoms with Gasteiger partial charge in [0, 0.05) is 22.7 Å². The van der Waals surface area contributed by atoms with Gasteiger partial charge in [-0.3, -0.25) is 9.71 Å². The summed E-state index contributed by atoms with van der Waals surface area (Å²) in [6.07, 6.45) is 1.49. The maximum atomic E-state index is 12.8. The minimum atomic E-state index is -3.73. The molecule has 1 aromatic carbocycles. The van der Waals surface area contributed by atoms with Crippen LogP contribution in [0.2, 0.25) is 0 Å². The second-order valence-corrected chi connectivity index (χ2v) is 9.03. The second kappa shape index (κ2) is 7.39. The topological polar surface area (TPSA) is 92.1 Å². The Morgan fingerprint density at radius 2 is 1.96 bits per heavy atom. The first-order chi connectivity index (χ1) is 12.8. The summed E-state index contributed by atoms with van der Waals surface area (Å²) < 4.78 is 33.5. The van der Waals surface area contributed by atoms with Crippen molar-refractivity contribution in [2.45, 2.75) is 18.1 Å². The zero-order chi connectivity index (χ0) is 19.6. The summed E-state index contributed by atoms with van der Waals surface area (Å²) in [5.41, 5.74) is 3.14. The minimum absolute atomic E-state index is 0.193. The van der Waals surface area contributed by atoms with Gasteiger partial charge in [0.2, 0.25) is 0 Å². The van der Waals surface area contributed by atoms with E-state index in [2.05, 4.69) is 9.71 Å². The van der Waals surface area contributed by atoms with Crippen LogP contribution in [0.5, 0.6) is 5.75 Å². The number of aryl methyl sites for hydroxylation is 2. The lowest BCUT2D eigenvalue weighted by Crippen LogP contribution is -2.12. The van der Waals surface area contributed by atoms with Crippen LogP contribution in [-0.2, 0) is 10.0 Å². The zero-order valence-corrected chi connectivity index (χ0v) is 16.6. The molecule has 8 heteroatoms. The van der Waals surface area contributed by atoms with E-state index in [4.69, 9.17) is 10.00 Å². The highest BCUT2D eigenvalue weighted by Gasteiger charge is 2.20. The van der Waals surface area contributed by atoms with Crippen LogP contribution in [0.4, 0.5) is 5.69 Å². The number of pyridine rings is 1. The van der Waals surface area contributed by atoms with E-state index in [-0.39, 0.29) is 4.21 Å². The van der Waals surface area contributed by atoms with Crippen molar-refractivity contribution in [2.24, 2.45) is 0 Å². The number of methoxy groups -OCH3 is 1. The third kappa shape index (κ3) is 3.94. The van der Waals surface area contributed by atoms with Crippen molar-refractivity contribution in [2.75, 3.05) is 11.8 Å². The molecule has 27 heavy (non-hydrogen) atoms. The molecule has 0 saturated heterocycles. The first-order valence-electron chi connectivity index (χ1n) is 7.98. The van der Waals surface area contributed by atoms with Crippen LogP contribution < -0.4 is 9.46 Å². The van der Waals surface area contributed by atoms with E-state index in [0.29, 0.717) is 22.7 Å². The SMILES string of the molecule is COc1cc(S(=O)(=O)Nc2cc(-c3ccc(C#N)cn3)ccc2C)sc1C. The fourth-order valence-electron chi connectivity index (χ4n) is 2.49. The molecule has 0 aliphatic rings. The van der Waals surface area contributed by atoms with Crippen LogP contribution >= 0.6 is 11.3 Å². The largest absolute Gasteiger partial charge is 0.496 e. The monoisotopic (exact) mass is 399 g/mol.